The van der Waals surface area contributed by atoms with Crippen LogP contribution in [0, 0.1) is 0 Å². The molecule has 456 valence electrons. The number of allylic oxidation sites excluding steroid dienone is 10. The van der Waals surface area contributed by atoms with Gasteiger partial charge in [-0.05, 0) is 83.5 Å². The van der Waals surface area contributed by atoms with Crippen LogP contribution in [0.2, 0.25) is 0 Å². The minimum Gasteiger partial charge on any atom is -0.756 e. The number of carbonyl (C=O) groups is 2. The molecule has 0 radical (unpaired) electrons. The monoisotopic (exact) mass is 1120 g/mol. The molecular formula is C68H126NO8P. The van der Waals surface area contributed by atoms with Crippen molar-refractivity contribution >= 4 is 19.8 Å². The number of phosphoric acid groups is 1. The number of rotatable bonds is 61. The number of hydrogen-bond acceptors (Lipinski definition) is 8. The maximum absolute atomic E-state index is 12.8. The number of hydrogen-bond donors (Lipinski definition) is 0. The van der Waals surface area contributed by atoms with Crippen LogP contribution in [0.25, 0.3) is 0 Å². The maximum atomic E-state index is 12.8. The molecule has 78 heavy (non-hydrogen) atoms. The van der Waals surface area contributed by atoms with Gasteiger partial charge in [0.15, 0.2) is 6.10 Å². The second-order valence-electron chi connectivity index (χ2n) is 23.5. The summed E-state index contributed by atoms with van der Waals surface area (Å²) in [5.41, 5.74) is 0. The lowest BCUT2D eigenvalue weighted by Gasteiger charge is -2.28. The Hall–Kier alpha value is -2.29. The Morgan fingerprint density at radius 3 is 1.05 bits per heavy atom. The molecule has 0 rings (SSSR count). The summed E-state index contributed by atoms with van der Waals surface area (Å²) >= 11 is 0. The molecule has 0 aromatic heterocycles. The minimum absolute atomic E-state index is 0.0339. The molecule has 2 atom stereocenters. The van der Waals surface area contributed by atoms with Gasteiger partial charge in [-0.1, -0.05) is 274 Å². The zero-order valence-electron chi connectivity index (χ0n) is 51.9. The van der Waals surface area contributed by atoms with Crippen molar-refractivity contribution in [2.24, 2.45) is 0 Å². The highest BCUT2D eigenvalue weighted by atomic mass is 31.2. The van der Waals surface area contributed by atoms with Crippen molar-refractivity contribution in [1.29, 1.82) is 0 Å². The van der Waals surface area contributed by atoms with E-state index >= 15 is 0 Å². The van der Waals surface area contributed by atoms with E-state index in [1.807, 2.05) is 21.1 Å². The molecule has 9 nitrogen and oxygen atoms in total. The van der Waals surface area contributed by atoms with Gasteiger partial charge in [-0.2, -0.15) is 0 Å². The SMILES string of the molecule is CCCCC/C=C\C/C=C\C/C=C\CCCCCCCCC(=O)OC(COC(=O)CCCCCCCCCCCCCCCCCCCCCCCCC/C=C\C/C=C\CCCCCCC)COP(=O)([O-])OCC[N+](C)(C)C. The Bertz CT molecular complexity index is 1500. The highest BCUT2D eigenvalue weighted by Gasteiger charge is 2.22. The minimum atomic E-state index is -4.64. The van der Waals surface area contributed by atoms with E-state index in [0.29, 0.717) is 17.4 Å². The van der Waals surface area contributed by atoms with E-state index in [4.69, 9.17) is 18.5 Å². The fourth-order valence-corrected chi connectivity index (χ4v) is 10.1. The molecule has 0 heterocycles. The Balaban J connectivity index is 3.98. The van der Waals surface area contributed by atoms with Gasteiger partial charge in [0.1, 0.15) is 19.8 Å². The first-order valence-corrected chi connectivity index (χ1v) is 34.5. The molecule has 0 fully saturated rings. The lowest BCUT2D eigenvalue weighted by molar-refractivity contribution is -0.870. The Labute approximate surface area is 483 Å². The van der Waals surface area contributed by atoms with E-state index in [-0.39, 0.29) is 32.0 Å². The van der Waals surface area contributed by atoms with Gasteiger partial charge in [0.2, 0.25) is 0 Å². The molecule has 2 unspecified atom stereocenters. The van der Waals surface area contributed by atoms with Crippen LogP contribution in [0.3, 0.4) is 0 Å². The van der Waals surface area contributed by atoms with Crippen LogP contribution in [0.4, 0.5) is 0 Å². The van der Waals surface area contributed by atoms with Crippen LogP contribution in [0.15, 0.2) is 60.8 Å². The normalized spacial score (nSPS) is 13.6. The largest absolute Gasteiger partial charge is 0.756 e. The van der Waals surface area contributed by atoms with Crippen molar-refractivity contribution in [2.75, 3.05) is 47.5 Å². The summed E-state index contributed by atoms with van der Waals surface area (Å²) in [7, 11) is 1.16. The summed E-state index contributed by atoms with van der Waals surface area (Å²) in [6.45, 7) is 4.22. The Morgan fingerprint density at radius 1 is 0.397 bits per heavy atom. The molecule has 0 aromatic rings. The van der Waals surface area contributed by atoms with E-state index in [0.717, 1.165) is 77.0 Å². The average Bonchev–Trinajstić information content (AvgIpc) is 3.41. The summed E-state index contributed by atoms with van der Waals surface area (Å²) in [5.74, 6) is -0.837. The highest BCUT2D eigenvalue weighted by molar-refractivity contribution is 7.45. The summed E-state index contributed by atoms with van der Waals surface area (Å²) in [6.07, 6.45) is 77.3. The van der Waals surface area contributed by atoms with Crippen LogP contribution >= 0.6 is 7.82 Å². The highest BCUT2D eigenvalue weighted by Crippen LogP contribution is 2.38. The third-order valence-electron chi connectivity index (χ3n) is 14.5. The zero-order valence-corrected chi connectivity index (χ0v) is 52.8. The van der Waals surface area contributed by atoms with Crippen LogP contribution in [-0.4, -0.2) is 70.0 Å². The van der Waals surface area contributed by atoms with Gasteiger partial charge in [0.05, 0.1) is 27.7 Å². The van der Waals surface area contributed by atoms with Crippen molar-refractivity contribution in [1.82, 2.24) is 0 Å². The number of unbranched alkanes of at least 4 members (excludes halogenated alkanes) is 37. The summed E-state index contributed by atoms with van der Waals surface area (Å²) in [6, 6.07) is 0. The first kappa shape index (κ1) is 75.7. The number of ether oxygens (including phenoxy) is 2. The van der Waals surface area contributed by atoms with Crippen molar-refractivity contribution in [3.63, 3.8) is 0 Å². The number of nitrogens with zero attached hydrogens (tertiary/aromatic N) is 1. The van der Waals surface area contributed by atoms with Gasteiger partial charge in [0.25, 0.3) is 7.82 Å². The van der Waals surface area contributed by atoms with E-state index in [9.17, 15) is 19.0 Å². The predicted molar refractivity (Wildman–Crippen MR) is 333 cm³/mol. The lowest BCUT2D eigenvalue weighted by Crippen LogP contribution is -2.37. The molecule has 0 spiro atoms. The summed E-state index contributed by atoms with van der Waals surface area (Å²) < 4.78 is 34.2. The van der Waals surface area contributed by atoms with E-state index < -0.39 is 26.5 Å². The lowest BCUT2D eigenvalue weighted by atomic mass is 10.0. The third kappa shape index (κ3) is 62.9. The van der Waals surface area contributed by atoms with Crippen LogP contribution < -0.4 is 4.89 Å². The molecule has 0 bridgehead atoms. The topological polar surface area (TPSA) is 111 Å². The van der Waals surface area contributed by atoms with Crippen molar-refractivity contribution in [3.8, 4) is 0 Å². The molecule has 0 aliphatic carbocycles. The van der Waals surface area contributed by atoms with Gasteiger partial charge >= 0.3 is 11.9 Å². The Morgan fingerprint density at radius 2 is 0.692 bits per heavy atom. The van der Waals surface area contributed by atoms with E-state index in [1.54, 1.807) is 0 Å². The van der Waals surface area contributed by atoms with Gasteiger partial charge in [-0.3, -0.25) is 14.2 Å². The molecule has 0 saturated carbocycles. The molecule has 0 N–H and O–H groups in total. The van der Waals surface area contributed by atoms with Gasteiger partial charge in [-0.15, -0.1) is 0 Å². The number of quaternary nitrogens is 1. The first-order valence-electron chi connectivity index (χ1n) is 33.0. The number of carbonyl (C=O) groups excluding carboxylic acids is 2. The quantitative estimate of drug-likeness (QED) is 0.0195. The van der Waals surface area contributed by atoms with Crippen molar-refractivity contribution in [3.05, 3.63) is 60.8 Å². The second-order valence-corrected chi connectivity index (χ2v) is 24.9. The fourth-order valence-electron chi connectivity index (χ4n) is 9.40. The smallest absolute Gasteiger partial charge is 0.306 e. The van der Waals surface area contributed by atoms with Crippen LogP contribution in [0.1, 0.15) is 309 Å². The van der Waals surface area contributed by atoms with Crippen LogP contribution in [0.5, 0.6) is 0 Å². The average molecular weight is 1120 g/mol. The molecule has 0 aliphatic heterocycles. The second kappa shape index (κ2) is 59.3. The third-order valence-corrected chi connectivity index (χ3v) is 15.5. The zero-order chi connectivity index (χ0) is 57.0. The number of esters is 2. The molecule has 0 aromatic carbocycles. The molecule has 10 heteroatoms. The van der Waals surface area contributed by atoms with Gasteiger partial charge in [-0.25, -0.2) is 0 Å². The van der Waals surface area contributed by atoms with E-state index in [1.165, 1.54) is 199 Å². The fraction of sp³-hybridized carbons (Fsp3) is 0.824. The van der Waals surface area contributed by atoms with Crippen LogP contribution in [-0.2, 0) is 32.7 Å². The van der Waals surface area contributed by atoms with Crippen molar-refractivity contribution in [2.45, 2.75) is 315 Å². The summed E-state index contributed by atoms with van der Waals surface area (Å²) in [4.78, 5) is 37.9. The van der Waals surface area contributed by atoms with Gasteiger partial charge < -0.3 is 27.9 Å². The molecular weight excluding hydrogens is 990 g/mol. The molecule has 0 saturated heterocycles. The standard InChI is InChI=1S/C68H126NO8P/c1-6-8-10-12-14-16-18-20-22-24-26-27-28-29-30-31-32-33-34-35-36-37-38-39-40-41-43-44-46-48-50-52-54-56-58-60-67(70)74-64-66(65-76-78(72,73)75-63-62-69(3,4)5)77-68(71)61-59-57-55-53-51-49-47-45-42-25-23-21-19-17-15-13-11-9-7-2/h15,17-18,20-21,23-24,26,42,45,66H,6-14,16,19,22,25,27-41,43-44,46-65H2,1-5H3/b17-15-,20-18-,23-21-,26-24-,45-42-. The van der Waals surface area contributed by atoms with E-state index in [2.05, 4.69) is 74.6 Å². The van der Waals surface area contributed by atoms with Crippen molar-refractivity contribution < 1.29 is 42.1 Å². The predicted octanol–water partition coefficient (Wildman–Crippen LogP) is 20.4. The Kier molecular flexibility index (Phi) is 57.6. The number of likely N-dealkylation sites (N-methyl/N-ethyl adjacent to an activating group) is 1. The summed E-state index contributed by atoms with van der Waals surface area (Å²) in [5, 5.41) is 0. The first-order chi connectivity index (χ1) is 38.0. The molecule has 0 aliphatic rings. The van der Waals surface area contributed by atoms with Gasteiger partial charge in [0, 0.05) is 12.8 Å². The maximum Gasteiger partial charge on any atom is 0.306 e. The molecule has 0 amide bonds. The number of phosphoric ester groups is 1.